The number of aromatic nitrogens is 3. The standard InChI is InChI=1S/C21H28N6O.HI/c1-5-18-17(20(6-2)28-26-18)14-24-21(22-4)23-13-16-9-7-8-10-19(16)27-12-11-15(3)25-27;/h7-12H,5-6,13-14H2,1-4H3,(H2,22,23,24);1H. The van der Waals surface area contributed by atoms with Gasteiger partial charge in [0.1, 0.15) is 5.76 Å². The molecular weight excluding hydrogens is 479 g/mol. The van der Waals surface area contributed by atoms with Gasteiger partial charge < -0.3 is 15.2 Å². The lowest BCUT2D eigenvalue weighted by atomic mass is 10.1. The summed E-state index contributed by atoms with van der Waals surface area (Å²) in [6.07, 6.45) is 3.65. The topological polar surface area (TPSA) is 80.3 Å². The highest BCUT2D eigenvalue weighted by molar-refractivity contribution is 14.0. The minimum Gasteiger partial charge on any atom is -0.361 e. The number of benzene rings is 1. The smallest absolute Gasteiger partial charge is 0.191 e. The second-order valence-electron chi connectivity index (χ2n) is 6.55. The van der Waals surface area contributed by atoms with Crippen molar-refractivity contribution < 1.29 is 4.52 Å². The van der Waals surface area contributed by atoms with Crippen LogP contribution in [-0.2, 0) is 25.9 Å². The minimum atomic E-state index is 0. The van der Waals surface area contributed by atoms with E-state index >= 15 is 0 Å². The predicted molar refractivity (Wildman–Crippen MR) is 126 cm³/mol. The van der Waals surface area contributed by atoms with Crippen LogP contribution in [0.5, 0.6) is 0 Å². The van der Waals surface area contributed by atoms with Gasteiger partial charge in [-0.3, -0.25) is 4.99 Å². The fourth-order valence-corrected chi connectivity index (χ4v) is 3.14. The molecule has 0 unspecified atom stereocenters. The van der Waals surface area contributed by atoms with Gasteiger partial charge in [0.15, 0.2) is 5.96 Å². The molecule has 0 atom stereocenters. The third kappa shape index (κ3) is 5.59. The average Bonchev–Trinajstić information content (AvgIpc) is 3.33. The lowest BCUT2D eigenvalue weighted by Gasteiger charge is -2.14. The van der Waals surface area contributed by atoms with Gasteiger partial charge >= 0.3 is 0 Å². The number of aliphatic imine (C=N–C) groups is 1. The summed E-state index contributed by atoms with van der Waals surface area (Å²) in [6, 6.07) is 10.2. The molecule has 0 bridgehead atoms. The number of hydrogen-bond acceptors (Lipinski definition) is 4. The maximum atomic E-state index is 5.44. The SMILES string of the molecule is CCc1noc(CC)c1CNC(=NC)NCc1ccccc1-n1ccc(C)n1.I. The van der Waals surface area contributed by atoms with Crippen LogP contribution in [-0.4, -0.2) is 27.9 Å². The number of nitrogens with zero attached hydrogens (tertiary/aromatic N) is 4. The molecule has 29 heavy (non-hydrogen) atoms. The summed E-state index contributed by atoms with van der Waals surface area (Å²) in [5.74, 6) is 1.66. The van der Waals surface area contributed by atoms with Gasteiger partial charge in [-0.25, -0.2) is 4.68 Å². The van der Waals surface area contributed by atoms with Gasteiger partial charge in [0.05, 0.1) is 17.1 Å². The molecule has 156 valence electrons. The molecule has 2 aromatic heterocycles. The molecule has 0 spiro atoms. The van der Waals surface area contributed by atoms with Gasteiger partial charge in [0.25, 0.3) is 0 Å². The number of rotatable bonds is 7. The fourth-order valence-electron chi connectivity index (χ4n) is 3.14. The maximum absolute atomic E-state index is 5.44. The van der Waals surface area contributed by atoms with E-state index in [1.165, 1.54) is 0 Å². The first-order valence-electron chi connectivity index (χ1n) is 9.67. The molecule has 8 heteroatoms. The predicted octanol–water partition coefficient (Wildman–Crippen LogP) is 3.78. The fraction of sp³-hybridized carbons (Fsp3) is 0.381. The number of halogens is 1. The van der Waals surface area contributed by atoms with Crippen molar-refractivity contribution in [2.75, 3.05) is 7.05 Å². The third-order valence-corrected chi connectivity index (χ3v) is 4.67. The van der Waals surface area contributed by atoms with Gasteiger partial charge in [0, 0.05) is 38.3 Å². The zero-order valence-electron chi connectivity index (χ0n) is 17.4. The van der Waals surface area contributed by atoms with Crippen molar-refractivity contribution in [3.63, 3.8) is 0 Å². The molecule has 0 saturated carbocycles. The van der Waals surface area contributed by atoms with Gasteiger partial charge in [0.2, 0.25) is 0 Å². The van der Waals surface area contributed by atoms with Crippen molar-refractivity contribution in [1.29, 1.82) is 0 Å². The van der Waals surface area contributed by atoms with Gasteiger partial charge in [-0.05, 0) is 31.0 Å². The summed E-state index contributed by atoms with van der Waals surface area (Å²) in [6.45, 7) is 7.42. The molecule has 0 fully saturated rings. The van der Waals surface area contributed by atoms with Crippen LogP contribution in [0.1, 0.15) is 42.1 Å². The zero-order chi connectivity index (χ0) is 19.9. The molecule has 1 aromatic carbocycles. The second-order valence-corrected chi connectivity index (χ2v) is 6.55. The second kappa shape index (κ2) is 11.0. The lowest BCUT2D eigenvalue weighted by molar-refractivity contribution is 0.380. The quantitative estimate of drug-likeness (QED) is 0.289. The Balaban J connectivity index is 0.00000300. The summed E-state index contributed by atoms with van der Waals surface area (Å²) < 4.78 is 7.34. The van der Waals surface area contributed by atoms with E-state index in [2.05, 4.69) is 51.9 Å². The highest BCUT2D eigenvalue weighted by Crippen LogP contribution is 2.16. The molecule has 2 N–H and O–H groups in total. The Hall–Kier alpha value is -2.36. The van der Waals surface area contributed by atoms with E-state index in [0.29, 0.717) is 13.1 Å². The van der Waals surface area contributed by atoms with Crippen LogP contribution in [0.4, 0.5) is 0 Å². The summed E-state index contributed by atoms with van der Waals surface area (Å²) in [5.41, 5.74) is 5.31. The Bertz CT molecular complexity index is 925. The Morgan fingerprint density at radius 3 is 2.52 bits per heavy atom. The summed E-state index contributed by atoms with van der Waals surface area (Å²) in [4.78, 5) is 4.34. The normalized spacial score (nSPS) is 11.2. The van der Waals surface area contributed by atoms with E-state index in [0.717, 1.165) is 52.8 Å². The van der Waals surface area contributed by atoms with Crippen LogP contribution < -0.4 is 10.6 Å². The molecule has 0 aliphatic heterocycles. The molecule has 0 saturated heterocycles. The monoisotopic (exact) mass is 508 g/mol. The van der Waals surface area contributed by atoms with Crippen molar-refractivity contribution in [1.82, 2.24) is 25.6 Å². The first-order valence-corrected chi connectivity index (χ1v) is 9.67. The maximum Gasteiger partial charge on any atom is 0.191 e. The largest absolute Gasteiger partial charge is 0.361 e. The van der Waals surface area contributed by atoms with Crippen molar-refractivity contribution >= 4 is 29.9 Å². The molecule has 0 amide bonds. The summed E-state index contributed by atoms with van der Waals surface area (Å²) >= 11 is 0. The first-order chi connectivity index (χ1) is 13.7. The van der Waals surface area contributed by atoms with Crippen molar-refractivity contribution in [3.05, 3.63) is 64.8 Å². The van der Waals surface area contributed by atoms with Crippen molar-refractivity contribution in [3.8, 4) is 5.69 Å². The average molecular weight is 508 g/mol. The van der Waals surface area contributed by atoms with E-state index in [9.17, 15) is 0 Å². The number of aryl methyl sites for hydroxylation is 3. The van der Waals surface area contributed by atoms with E-state index in [4.69, 9.17) is 4.52 Å². The van der Waals surface area contributed by atoms with Crippen molar-refractivity contribution in [2.24, 2.45) is 4.99 Å². The van der Waals surface area contributed by atoms with Gasteiger partial charge in [-0.2, -0.15) is 5.10 Å². The Kier molecular flexibility index (Phi) is 8.69. The van der Waals surface area contributed by atoms with Crippen LogP contribution in [0.3, 0.4) is 0 Å². The van der Waals surface area contributed by atoms with E-state index in [-0.39, 0.29) is 24.0 Å². The summed E-state index contributed by atoms with van der Waals surface area (Å²) in [7, 11) is 1.77. The van der Waals surface area contributed by atoms with E-state index in [1.54, 1.807) is 7.05 Å². The van der Waals surface area contributed by atoms with Crippen LogP contribution in [0.25, 0.3) is 5.69 Å². The Morgan fingerprint density at radius 2 is 1.86 bits per heavy atom. The highest BCUT2D eigenvalue weighted by atomic mass is 127. The molecule has 2 heterocycles. The molecule has 0 radical (unpaired) electrons. The minimum absolute atomic E-state index is 0. The summed E-state index contributed by atoms with van der Waals surface area (Å²) in [5, 5.41) is 15.4. The van der Waals surface area contributed by atoms with Gasteiger partial charge in [-0.1, -0.05) is 37.2 Å². The molecule has 0 aliphatic rings. The molecular formula is C21H29IN6O. The van der Waals surface area contributed by atoms with Gasteiger partial charge in [-0.15, -0.1) is 24.0 Å². The Morgan fingerprint density at radius 1 is 1.10 bits per heavy atom. The van der Waals surface area contributed by atoms with Crippen LogP contribution in [0.2, 0.25) is 0 Å². The number of hydrogen-bond donors (Lipinski definition) is 2. The lowest BCUT2D eigenvalue weighted by Crippen LogP contribution is -2.36. The Labute approximate surface area is 189 Å². The molecule has 3 rings (SSSR count). The van der Waals surface area contributed by atoms with Crippen LogP contribution in [0.15, 0.2) is 46.0 Å². The van der Waals surface area contributed by atoms with E-state index in [1.807, 2.05) is 36.0 Å². The molecule has 3 aromatic rings. The first kappa shape index (κ1) is 22.9. The van der Waals surface area contributed by atoms with Crippen molar-refractivity contribution in [2.45, 2.75) is 46.7 Å². The van der Waals surface area contributed by atoms with E-state index < -0.39 is 0 Å². The number of para-hydroxylation sites is 1. The zero-order valence-corrected chi connectivity index (χ0v) is 19.7. The molecule has 0 aliphatic carbocycles. The highest BCUT2D eigenvalue weighted by Gasteiger charge is 2.14. The van der Waals surface area contributed by atoms with Crippen LogP contribution in [0, 0.1) is 6.92 Å². The molecule has 7 nitrogen and oxygen atoms in total. The number of guanidine groups is 1. The number of nitrogens with one attached hydrogen (secondary N) is 2. The van der Waals surface area contributed by atoms with Crippen LogP contribution >= 0.6 is 24.0 Å². The third-order valence-electron chi connectivity index (χ3n) is 4.67.